The highest BCUT2D eigenvalue weighted by atomic mass is 16.5. The van der Waals surface area contributed by atoms with Gasteiger partial charge in [0.1, 0.15) is 0 Å². The highest BCUT2D eigenvalue weighted by Gasteiger charge is 2.06. The van der Waals surface area contributed by atoms with Crippen molar-refractivity contribution in [1.29, 1.82) is 0 Å². The van der Waals surface area contributed by atoms with Crippen molar-refractivity contribution >= 4 is 17.2 Å². The van der Waals surface area contributed by atoms with Gasteiger partial charge in [-0.3, -0.25) is 0 Å². The zero-order valence-corrected chi connectivity index (χ0v) is 10.2. The minimum Gasteiger partial charge on any atom is -0.481 e. The zero-order valence-electron chi connectivity index (χ0n) is 10.2. The van der Waals surface area contributed by atoms with E-state index in [0.717, 1.165) is 11.3 Å². The minimum atomic E-state index is 0.693. The SMILES string of the molecule is COc1cc(Nc2cc(C)ccc2N)nn1C. The maximum atomic E-state index is 5.89. The Bertz CT molecular complexity index is 533. The topological polar surface area (TPSA) is 65.1 Å². The van der Waals surface area contributed by atoms with Crippen LogP contribution < -0.4 is 15.8 Å². The number of aryl methyl sites for hydroxylation is 2. The Morgan fingerprint density at radius 3 is 2.76 bits per heavy atom. The number of aromatic nitrogens is 2. The van der Waals surface area contributed by atoms with E-state index in [2.05, 4.69) is 10.4 Å². The predicted octanol–water partition coefficient (Wildman–Crippen LogP) is 2.06. The second kappa shape index (κ2) is 4.37. The van der Waals surface area contributed by atoms with Crippen LogP contribution in [0.5, 0.6) is 5.88 Å². The fourth-order valence-corrected chi connectivity index (χ4v) is 1.62. The molecule has 0 bridgehead atoms. The molecule has 0 amide bonds. The van der Waals surface area contributed by atoms with E-state index >= 15 is 0 Å². The van der Waals surface area contributed by atoms with Crippen molar-refractivity contribution in [3.8, 4) is 5.88 Å². The number of nitrogen functional groups attached to an aromatic ring is 1. The quantitative estimate of drug-likeness (QED) is 0.795. The largest absolute Gasteiger partial charge is 0.481 e. The minimum absolute atomic E-state index is 0.693. The highest BCUT2D eigenvalue weighted by Crippen LogP contribution is 2.25. The molecule has 1 aromatic carbocycles. The smallest absolute Gasteiger partial charge is 0.213 e. The van der Waals surface area contributed by atoms with Gasteiger partial charge < -0.3 is 15.8 Å². The number of nitrogens with two attached hydrogens (primary N) is 1. The Labute approximate surface area is 100 Å². The van der Waals surface area contributed by atoms with Gasteiger partial charge in [-0.05, 0) is 24.6 Å². The van der Waals surface area contributed by atoms with Gasteiger partial charge in [0.2, 0.25) is 5.88 Å². The van der Waals surface area contributed by atoms with Crippen LogP contribution in [-0.4, -0.2) is 16.9 Å². The lowest BCUT2D eigenvalue weighted by atomic mass is 10.2. The molecule has 2 aromatic rings. The normalized spacial score (nSPS) is 10.3. The number of anilines is 3. The Morgan fingerprint density at radius 1 is 1.35 bits per heavy atom. The number of ether oxygens (including phenoxy) is 1. The fourth-order valence-electron chi connectivity index (χ4n) is 1.62. The summed E-state index contributed by atoms with van der Waals surface area (Å²) in [5.74, 6) is 1.40. The average molecular weight is 232 g/mol. The molecule has 3 N–H and O–H groups in total. The molecular weight excluding hydrogens is 216 g/mol. The first kappa shape index (κ1) is 11.3. The van der Waals surface area contributed by atoms with Gasteiger partial charge in [-0.25, -0.2) is 4.68 Å². The van der Waals surface area contributed by atoms with Gasteiger partial charge in [-0.1, -0.05) is 6.07 Å². The first-order chi connectivity index (χ1) is 8.10. The van der Waals surface area contributed by atoms with Crippen molar-refractivity contribution in [2.45, 2.75) is 6.92 Å². The molecule has 17 heavy (non-hydrogen) atoms. The van der Waals surface area contributed by atoms with E-state index in [-0.39, 0.29) is 0 Å². The van der Waals surface area contributed by atoms with Crippen LogP contribution in [0.1, 0.15) is 5.56 Å². The Hall–Kier alpha value is -2.17. The number of rotatable bonds is 3. The van der Waals surface area contributed by atoms with Crippen molar-refractivity contribution in [2.24, 2.45) is 7.05 Å². The van der Waals surface area contributed by atoms with Gasteiger partial charge in [0.25, 0.3) is 0 Å². The van der Waals surface area contributed by atoms with Crippen molar-refractivity contribution in [1.82, 2.24) is 9.78 Å². The van der Waals surface area contributed by atoms with Crippen molar-refractivity contribution in [2.75, 3.05) is 18.2 Å². The number of methoxy groups -OCH3 is 1. The van der Waals surface area contributed by atoms with E-state index in [0.29, 0.717) is 17.4 Å². The van der Waals surface area contributed by atoms with E-state index in [9.17, 15) is 0 Å². The van der Waals surface area contributed by atoms with Crippen LogP contribution in [0.25, 0.3) is 0 Å². The lowest BCUT2D eigenvalue weighted by Crippen LogP contribution is -1.98. The molecule has 0 aliphatic heterocycles. The molecule has 5 heteroatoms. The van der Waals surface area contributed by atoms with Crippen molar-refractivity contribution in [3.05, 3.63) is 29.8 Å². The maximum absolute atomic E-state index is 5.89. The van der Waals surface area contributed by atoms with Crippen LogP contribution in [0.4, 0.5) is 17.2 Å². The molecule has 90 valence electrons. The summed E-state index contributed by atoms with van der Waals surface area (Å²) >= 11 is 0. The summed E-state index contributed by atoms with van der Waals surface area (Å²) in [4.78, 5) is 0. The van der Waals surface area contributed by atoms with E-state index in [1.54, 1.807) is 11.8 Å². The number of nitrogens with zero attached hydrogens (tertiary/aromatic N) is 2. The Balaban J connectivity index is 2.27. The monoisotopic (exact) mass is 232 g/mol. The second-order valence-corrected chi connectivity index (χ2v) is 3.91. The van der Waals surface area contributed by atoms with Crippen LogP contribution in [-0.2, 0) is 7.05 Å². The fraction of sp³-hybridized carbons (Fsp3) is 0.250. The third-order valence-electron chi connectivity index (χ3n) is 2.52. The number of nitrogens with one attached hydrogen (secondary N) is 1. The summed E-state index contributed by atoms with van der Waals surface area (Å²) in [6.45, 7) is 2.02. The average Bonchev–Trinajstić information content (AvgIpc) is 2.64. The molecule has 1 heterocycles. The molecular formula is C12H16N4O. The summed E-state index contributed by atoms with van der Waals surface area (Å²) in [5.41, 5.74) is 8.58. The van der Waals surface area contributed by atoms with E-state index in [1.165, 1.54) is 0 Å². The Kier molecular flexibility index (Phi) is 2.91. The first-order valence-electron chi connectivity index (χ1n) is 5.31. The summed E-state index contributed by atoms with van der Waals surface area (Å²) in [6.07, 6.45) is 0. The van der Waals surface area contributed by atoms with Crippen LogP contribution in [0, 0.1) is 6.92 Å². The molecule has 0 atom stereocenters. The number of hydrogen-bond acceptors (Lipinski definition) is 4. The molecule has 0 unspecified atom stereocenters. The second-order valence-electron chi connectivity index (χ2n) is 3.91. The molecule has 1 aromatic heterocycles. The molecule has 0 spiro atoms. The Morgan fingerprint density at radius 2 is 2.12 bits per heavy atom. The number of hydrogen-bond donors (Lipinski definition) is 2. The predicted molar refractivity (Wildman–Crippen MR) is 68.6 cm³/mol. The first-order valence-corrected chi connectivity index (χ1v) is 5.31. The zero-order chi connectivity index (χ0) is 12.4. The van der Waals surface area contributed by atoms with Gasteiger partial charge in [0.05, 0.1) is 18.5 Å². The highest BCUT2D eigenvalue weighted by molar-refractivity contribution is 5.72. The van der Waals surface area contributed by atoms with E-state index < -0.39 is 0 Å². The third-order valence-corrected chi connectivity index (χ3v) is 2.52. The van der Waals surface area contributed by atoms with Gasteiger partial charge in [0, 0.05) is 13.1 Å². The molecule has 0 radical (unpaired) electrons. The van der Waals surface area contributed by atoms with Crippen molar-refractivity contribution in [3.63, 3.8) is 0 Å². The summed E-state index contributed by atoms with van der Waals surface area (Å²) in [7, 11) is 3.44. The van der Waals surface area contributed by atoms with E-state index in [1.807, 2.05) is 38.2 Å². The summed E-state index contributed by atoms with van der Waals surface area (Å²) in [5, 5.41) is 7.44. The van der Waals surface area contributed by atoms with Crippen LogP contribution in [0.3, 0.4) is 0 Å². The van der Waals surface area contributed by atoms with E-state index in [4.69, 9.17) is 10.5 Å². The molecule has 0 saturated heterocycles. The lowest BCUT2D eigenvalue weighted by Gasteiger charge is -2.07. The van der Waals surface area contributed by atoms with Gasteiger partial charge in [0.15, 0.2) is 5.82 Å². The van der Waals surface area contributed by atoms with Gasteiger partial charge in [-0.15, -0.1) is 0 Å². The standard InChI is InChI=1S/C12H16N4O/c1-8-4-5-9(13)10(6-8)14-11-7-12(17-3)16(2)15-11/h4-7H,13H2,1-3H3,(H,14,15). The molecule has 0 aliphatic rings. The molecule has 0 aliphatic carbocycles. The molecule has 5 nitrogen and oxygen atoms in total. The molecule has 2 rings (SSSR count). The lowest BCUT2D eigenvalue weighted by molar-refractivity contribution is 0.373. The van der Waals surface area contributed by atoms with Gasteiger partial charge >= 0.3 is 0 Å². The molecule has 0 saturated carbocycles. The number of benzene rings is 1. The van der Waals surface area contributed by atoms with Crippen LogP contribution in [0.2, 0.25) is 0 Å². The molecule has 0 fully saturated rings. The van der Waals surface area contributed by atoms with Gasteiger partial charge in [-0.2, -0.15) is 5.10 Å². The van der Waals surface area contributed by atoms with Crippen LogP contribution >= 0.6 is 0 Å². The maximum Gasteiger partial charge on any atom is 0.213 e. The summed E-state index contributed by atoms with van der Waals surface area (Å²) in [6, 6.07) is 7.65. The van der Waals surface area contributed by atoms with Crippen molar-refractivity contribution < 1.29 is 4.74 Å². The summed E-state index contributed by atoms with van der Waals surface area (Å²) < 4.78 is 6.81. The van der Waals surface area contributed by atoms with Crippen LogP contribution in [0.15, 0.2) is 24.3 Å². The third kappa shape index (κ3) is 2.33.